The SMILES string of the molecule is O=CNC1CCN(c2ccccc2F)CC1. The third-order valence-electron chi connectivity index (χ3n) is 2.99. The highest BCUT2D eigenvalue weighted by molar-refractivity contribution is 5.49. The summed E-state index contributed by atoms with van der Waals surface area (Å²) < 4.78 is 13.5. The van der Waals surface area contributed by atoms with Crippen LogP contribution in [0.1, 0.15) is 12.8 Å². The molecule has 16 heavy (non-hydrogen) atoms. The van der Waals surface area contributed by atoms with E-state index >= 15 is 0 Å². The fraction of sp³-hybridized carbons (Fsp3) is 0.417. The highest BCUT2D eigenvalue weighted by atomic mass is 19.1. The second kappa shape index (κ2) is 4.96. The van der Waals surface area contributed by atoms with E-state index in [1.165, 1.54) is 6.07 Å². The number of piperidine rings is 1. The van der Waals surface area contributed by atoms with Crippen molar-refractivity contribution in [2.24, 2.45) is 0 Å². The number of benzene rings is 1. The van der Waals surface area contributed by atoms with Gasteiger partial charge in [-0.3, -0.25) is 4.79 Å². The molecule has 3 nitrogen and oxygen atoms in total. The van der Waals surface area contributed by atoms with Crippen LogP contribution in [0, 0.1) is 5.82 Å². The molecule has 86 valence electrons. The summed E-state index contributed by atoms with van der Waals surface area (Å²) in [5, 5.41) is 2.77. The lowest BCUT2D eigenvalue weighted by Crippen LogP contribution is -2.42. The number of nitrogens with zero attached hydrogens (tertiary/aromatic N) is 1. The molecular formula is C12H15FN2O. The van der Waals surface area contributed by atoms with Gasteiger partial charge >= 0.3 is 0 Å². The van der Waals surface area contributed by atoms with Gasteiger partial charge in [-0.05, 0) is 25.0 Å². The molecule has 2 rings (SSSR count). The van der Waals surface area contributed by atoms with Crippen molar-refractivity contribution in [1.82, 2.24) is 5.32 Å². The van der Waals surface area contributed by atoms with Crippen molar-refractivity contribution in [2.45, 2.75) is 18.9 Å². The second-order valence-electron chi connectivity index (χ2n) is 4.00. The van der Waals surface area contributed by atoms with Gasteiger partial charge in [0.1, 0.15) is 5.82 Å². The molecule has 1 heterocycles. The Hall–Kier alpha value is -1.58. The van der Waals surface area contributed by atoms with Gasteiger partial charge in [-0.1, -0.05) is 12.1 Å². The average molecular weight is 222 g/mol. The number of nitrogens with one attached hydrogen (secondary N) is 1. The summed E-state index contributed by atoms with van der Waals surface area (Å²) >= 11 is 0. The molecule has 4 heteroatoms. The average Bonchev–Trinajstić information content (AvgIpc) is 2.31. The topological polar surface area (TPSA) is 32.3 Å². The Morgan fingerprint density at radius 2 is 2.00 bits per heavy atom. The Morgan fingerprint density at radius 1 is 1.31 bits per heavy atom. The van der Waals surface area contributed by atoms with E-state index in [4.69, 9.17) is 0 Å². The predicted octanol–water partition coefficient (Wildman–Crippen LogP) is 1.54. The van der Waals surface area contributed by atoms with Crippen LogP contribution in [0.5, 0.6) is 0 Å². The number of carbonyl (C=O) groups is 1. The Balaban J connectivity index is 1.99. The molecule has 0 bridgehead atoms. The van der Waals surface area contributed by atoms with E-state index in [0.29, 0.717) is 5.69 Å². The molecule has 0 spiro atoms. The fourth-order valence-corrected chi connectivity index (χ4v) is 2.09. The van der Waals surface area contributed by atoms with Gasteiger partial charge in [0.25, 0.3) is 0 Å². The summed E-state index contributed by atoms with van der Waals surface area (Å²) in [7, 11) is 0. The van der Waals surface area contributed by atoms with E-state index in [0.717, 1.165) is 32.3 Å². The fourth-order valence-electron chi connectivity index (χ4n) is 2.09. The van der Waals surface area contributed by atoms with E-state index in [2.05, 4.69) is 5.32 Å². The molecule has 1 fully saturated rings. The van der Waals surface area contributed by atoms with E-state index in [1.54, 1.807) is 12.1 Å². The Morgan fingerprint density at radius 3 is 2.62 bits per heavy atom. The molecule has 0 atom stereocenters. The number of hydrogen-bond donors (Lipinski definition) is 1. The number of halogens is 1. The molecule has 1 aliphatic heterocycles. The van der Waals surface area contributed by atoms with Gasteiger partial charge in [-0.25, -0.2) is 4.39 Å². The van der Waals surface area contributed by atoms with Crippen molar-refractivity contribution in [3.63, 3.8) is 0 Å². The van der Waals surface area contributed by atoms with Gasteiger partial charge in [-0.15, -0.1) is 0 Å². The summed E-state index contributed by atoms with van der Waals surface area (Å²) in [6.07, 6.45) is 2.48. The van der Waals surface area contributed by atoms with E-state index in [1.807, 2.05) is 11.0 Å². The third-order valence-corrected chi connectivity index (χ3v) is 2.99. The van der Waals surface area contributed by atoms with Crippen molar-refractivity contribution < 1.29 is 9.18 Å². The van der Waals surface area contributed by atoms with Crippen LogP contribution in [0.25, 0.3) is 0 Å². The summed E-state index contributed by atoms with van der Waals surface area (Å²) in [5.74, 6) is -0.177. The van der Waals surface area contributed by atoms with Gasteiger partial charge < -0.3 is 10.2 Å². The van der Waals surface area contributed by atoms with Gasteiger partial charge in [-0.2, -0.15) is 0 Å². The summed E-state index contributed by atoms with van der Waals surface area (Å²) in [4.78, 5) is 12.3. The lowest BCUT2D eigenvalue weighted by atomic mass is 10.0. The Bertz CT molecular complexity index is 362. The van der Waals surface area contributed by atoms with Crippen LogP contribution in [0.15, 0.2) is 24.3 Å². The van der Waals surface area contributed by atoms with E-state index in [-0.39, 0.29) is 11.9 Å². The Labute approximate surface area is 94.3 Å². The van der Waals surface area contributed by atoms with E-state index in [9.17, 15) is 9.18 Å². The van der Waals surface area contributed by atoms with Crippen molar-refractivity contribution in [3.05, 3.63) is 30.1 Å². The van der Waals surface area contributed by atoms with E-state index < -0.39 is 0 Å². The van der Waals surface area contributed by atoms with Crippen molar-refractivity contribution >= 4 is 12.1 Å². The number of anilines is 1. The van der Waals surface area contributed by atoms with Crippen LogP contribution in [-0.2, 0) is 4.79 Å². The highest BCUT2D eigenvalue weighted by Gasteiger charge is 2.20. The molecule has 1 aromatic rings. The number of para-hydroxylation sites is 1. The number of amides is 1. The standard InChI is InChI=1S/C12H15FN2O/c13-11-3-1-2-4-12(11)15-7-5-10(6-8-15)14-9-16/h1-4,9-10H,5-8H2,(H,14,16). The minimum absolute atomic E-state index is 0.177. The smallest absolute Gasteiger partial charge is 0.207 e. The zero-order valence-corrected chi connectivity index (χ0v) is 9.03. The third kappa shape index (κ3) is 2.32. The number of carbonyl (C=O) groups excluding carboxylic acids is 1. The summed E-state index contributed by atoms with van der Waals surface area (Å²) in [6.45, 7) is 1.57. The highest BCUT2D eigenvalue weighted by Crippen LogP contribution is 2.22. The molecule has 0 aromatic heterocycles. The minimum atomic E-state index is -0.177. The van der Waals surface area contributed by atoms with Crippen molar-refractivity contribution in [2.75, 3.05) is 18.0 Å². The lowest BCUT2D eigenvalue weighted by molar-refractivity contribution is -0.110. The predicted molar refractivity (Wildman–Crippen MR) is 60.8 cm³/mol. The van der Waals surface area contributed by atoms with Gasteiger partial charge in [0.15, 0.2) is 0 Å². The molecular weight excluding hydrogens is 207 g/mol. The maximum atomic E-state index is 13.5. The van der Waals surface area contributed by atoms with Crippen LogP contribution in [0.2, 0.25) is 0 Å². The number of rotatable bonds is 3. The first-order valence-corrected chi connectivity index (χ1v) is 5.50. The first-order valence-electron chi connectivity index (χ1n) is 5.50. The molecule has 1 aliphatic rings. The van der Waals surface area contributed by atoms with Crippen molar-refractivity contribution in [3.8, 4) is 0 Å². The van der Waals surface area contributed by atoms with Crippen LogP contribution in [-0.4, -0.2) is 25.5 Å². The Kier molecular flexibility index (Phi) is 3.39. The normalized spacial score (nSPS) is 17.2. The molecule has 1 aromatic carbocycles. The molecule has 0 radical (unpaired) electrons. The van der Waals surface area contributed by atoms with Crippen molar-refractivity contribution in [1.29, 1.82) is 0 Å². The second-order valence-corrected chi connectivity index (χ2v) is 4.00. The summed E-state index contributed by atoms with van der Waals surface area (Å²) in [6, 6.07) is 7.04. The van der Waals surface area contributed by atoms with Crippen LogP contribution in [0.4, 0.5) is 10.1 Å². The van der Waals surface area contributed by atoms with Gasteiger partial charge in [0, 0.05) is 19.1 Å². The first-order chi connectivity index (χ1) is 7.81. The number of hydrogen-bond acceptors (Lipinski definition) is 2. The zero-order valence-electron chi connectivity index (χ0n) is 9.03. The molecule has 0 aliphatic carbocycles. The minimum Gasteiger partial charge on any atom is -0.369 e. The van der Waals surface area contributed by atoms with Gasteiger partial charge in [0.05, 0.1) is 5.69 Å². The zero-order chi connectivity index (χ0) is 11.4. The molecule has 1 amide bonds. The van der Waals surface area contributed by atoms with Crippen LogP contribution < -0.4 is 10.2 Å². The van der Waals surface area contributed by atoms with Gasteiger partial charge in [0.2, 0.25) is 6.41 Å². The monoisotopic (exact) mass is 222 g/mol. The summed E-state index contributed by atoms with van der Waals surface area (Å²) in [5.41, 5.74) is 0.659. The lowest BCUT2D eigenvalue weighted by Gasteiger charge is -2.33. The maximum absolute atomic E-state index is 13.5. The maximum Gasteiger partial charge on any atom is 0.207 e. The largest absolute Gasteiger partial charge is 0.369 e. The molecule has 0 unspecified atom stereocenters. The first kappa shape index (κ1) is 10.9. The van der Waals surface area contributed by atoms with Crippen LogP contribution >= 0.6 is 0 Å². The molecule has 1 N–H and O–H groups in total. The quantitative estimate of drug-likeness (QED) is 0.787. The molecule has 0 saturated carbocycles. The van der Waals surface area contributed by atoms with Crippen LogP contribution in [0.3, 0.4) is 0 Å². The molecule has 1 saturated heterocycles.